The van der Waals surface area contributed by atoms with Crippen molar-refractivity contribution in [3.8, 4) is 51.7 Å². The van der Waals surface area contributed by atoms with Crippen molar-refractivity contribution in [2.24, 2.45) is 0 Å². The molecule has 0 unspecified atom stereocenters. The maximum absolute atomic E-state index is 13.1. The fourth-order valence-electron chi connectivity index (χ4n) is 4.48. The van der Waals surface area contributed by atoms with Crippen LogP contribution in [0.5, 0.6) is 51.7 Å². The monoisotopic (exact) mass is 618 g/mol. The predicted octanol–water partition coefficient (Wildman–Crippen LogP) is 0.769. The summed E-state index contributed by atoms with van der Waals surface area (Å²) in [5.74, 6) is -11.8. The van der Waals surface area contributed by atoms with E-state index in [1.807, 2.05) is 0 Å². The van der Waals surface area contributed by atoms with Gasteiger partial charge < -0.3 is 69.6 Å². The number of ether oxygens (including phenoxy) is 5. The van der Waals surface area contributed by atoms with Crippen LogP contribution >= 0.6 is 0 Å². The van der Waals surface area contributed by atoms with Crippen molar-refractivity contribution in [3.63, 3.8) is 0 Å². The lowest BCUT2D eigenvalue weighted by atomic mass is 9.99. The van der Waals surface area contributed by atoms with Crippen molar-refractivity contribution in [1.82, 2.24) is 0 Å². The lowest BCUT2D eigenvalue weighted by molar-refractivity contribution is -0.228. The Morgan fingerprint density at radius 3 is 1.20 bits per heavy atom. The lowest BCUT2D eigenvalue weighted by Crippen LogP contribution is -2.58. The maximum Gasteiger partial charge on any atom is 0.339 e. The second-order valence-corrected chi connectivity index (χ2v) is 9.58. The first kappa shape index (κ1) is 29.7. The van der Waals surface area contributed by atoms with E-state index >= 15 is 0 Å². The Morgan fingerprint density at radius 2 is 0.841 bits per heavy atom. The van der Waals surface area contributed by atoms with Crippen LogP contribution in [0.4, 0.5) is 0 Å². The molecule has 2 bridgehead atoms. The quantitative estimate of drug-likeness (QED) is 0.105. The average Bonchev–Trinajstić information content (AvgIpc) is 3.42. The summed E-state index contributed by atoms with van der Waals surface area (Å²) in [6.45, 7) is -0.293. The van der Waals surface area contributed by atoms with E-state index in [0.29, 0.717) is 0 Å². The number of hydrogen-bond donors (Lipinski definition) is 9. The summed E-state index contributed by atoms with van der Waals surface area (Å²) in [5.41, 5.74) is -1.46. The minimum absolute atomic E-state index is 0.293. The van der Waals surface area contributed by atoms with E-state index in [2.05, 4.69) is 0 Å². The van der Waals surface area contributed by atoms with E-state index in [1.165, 1.54) is 0 Å². The average molecular weight is 618 g/mol. The summed E-state index contributed by atoms with van der Waals surface area (Å²) >= 11 is 0. The molecule has 2 aliphatic rings. The molecule has 0 aliphatic carbocycles. The van der Waals surface area contributed by atoms with Crippen LogP contribution in [0.1, 0.15) is 31.1 Å². The van der Waals surface area contributed by atoms with Crippen molar-refractivity contribution < 1.29 is 84.0 Å². The zero-order valence-electron chi connectivity index (χ0n) is 21.8. The Kier molecular flexibility index (Phi) is 7.50. The molecule has 0 aromatic heterocycles. The molecule has 3 aromatic rings. The number of phenolic OH excluding ortho intramolecular Hbond substituents is 9. The lowest BCUT2D eigenvalue weighted by Gasteiger charge is -2.39. The van der Waals surface area contributed by atoms with Crippen molar-refractivity contribution in [2.45, 2.75) is 30.7 Å². The molecule has 2 saturated heterocycles. The number of rotatable bonds is 6. The van der Waals surface area contributed by atoms with Crippen LogP contribution in [0, 0.1) is 0 Å². The summed E-state index contributed by atoms with van der Waals surface area (Å²) in [5, 5.41) is 87.7. The standard InChI is InChI=1S/C27H22O17/c28-11-1-8(2-12(29)18(11)34)24(37)42-21-17-7-40-27(41-17)23(44-26(39)10-5-15(32)20(36)16(33)6-10)22(21)43-25(38)9-3-13(30)19(35)14(31)4-9/h1-6,17,21-23,27-36H,7H2/t17-,21-,22+,23-,27+/m1/s1. The third kappa shape index (κ3) is 5.39. The van der Waals surface area contributed by atoms with Crippen molar-refractivity contribution in [1.29, 1.82) is 0 Å². The van der Waals surface area contributed by atoms with Gasteiger partial charge in [-0.05, 0) is 36.4 Å². The van der Waals surface area contributed by atoms with Gasteiger partial charge >= 0.3 is 17.9 Å². The van der Waals surface area contributed by atoms with Gasteiger partial charge in [0.2, 0.25) is 0 Å². The number of aromatic hydroxyl groups is 9. The van der Waals surface area contributed by atoms with Crippen LogP contribution in [0.2, 0.25) is 0 Å². The van der Waals surface area contributed by atoms with E-state index in [4.69, 9.17) is 23.7 Å². The van der Waals surface area contributed by atoms with Gasteiger partial charge in [0.25, 0.3) is 0 Å². The highest BCUT2D eigenvalue weighted by atomic mass is 16.8. The molecule has 2 aliphatic heterocycles. The van der Waals surface area contributed by atoms with Crippen LogP contribution in [0.3, 0.4) is 0 Å². The van der Waals surface area contributed by atoms with Gasteiger partial charge in [-0.25, -0.2) is 14.4 Å². The van der Waals surface area contributed by atoms with Crippen LogP contribution < -0.4 is 0 Å². The third-order valence-corrected chi connectivity index (χ3v) is 6.66. The molecule has 0 spiro atoms. The zero-order valence-corrected chi connectivity index (χ0v) is 21.8. The molecule has 17 nitrogen and oxygen atoms in total. The molecule has 2 fully saturated rings. The second kappa shape index (κ2) is 11.1. The Labute approximate surface area is 244 Å². The molecular formula is C27H22O17. The molecule has 0 amide bonds. The van der Waals surface area contributed by atoms with E-state index < -0.39 is 117 Å². The summed E-state index contributed by atoms with van der Waals surface area (Å²) in [4.78, 5) is 39.2. The third-order valence-electron chi connectivity index (χ3n) is 6.66. The molecule has 5 rings (SSSR count). The molecule has 0 saturated carbocycles. The Morgan fingerprint density at radius 1 is 0.523 bits per heavy atom. The molecule has 9 N–H and O–H groups in total. The van der Waals surface area contributed by atoms with Gasteiger partial charge in [0.15, 0.2) is 76.3 Å². The SMILES string of the molecule is O=C(O[C@@H]1[C@@H](OC(=O)c2cc(O)c(O)c(O)c2)[C@H]2OC[C@@H](O2)[C@H]1OC(=O)c1cc(O)c(O)c(O)c1)c1cc(O)c(O)c(O)c1. The highest BCUT2D eigenvalue weighted by Gasteiger charge is 2.56. The molecular weight excluding hydrogens is 596 g/mol. The van der Waals surface area contributed by atoms with Crippen molar-refractivity contribution in [3.05, 3.63) is 53.1 Å². The van der Waals surface area contributed by atoms with E-state index in [9.17, 15) is 60.3 Å². The smallest absolute Gasteiger partial charge is 0.339 e. The molecule has 5 atom stereocenters. The molecule has 17 heteroatoms. The van der Waals surface area contributed by atoms with Crippen LogP contribution in [-0.4, -0.2) is 101 Å². The molecule has 2 heterocycles. The highest BCUT2D eigenvalue weighted by molar-refractivity contribution is 5.93. The van der Waals surface area contributed by atoms with Crippen LogP contribution in [0.25, 0.3) is 0 Å². The van der Waals surface area contributed by atoms with Gasteiger partial charge in [-0.3, -0.25) is 0 Å². The number of esters is 3. The summed E-state index contributed by atoms with van der Waals surface area (Å²) in [7, 11) is 0. The first-order chi connectivity index (χ1) is 20.7. The van der Waals surface area contributed by atoms with Gasteiger partial charge in [0.1, 0.15) is 6.10 Å². The minimum Gasteiger partial charge on any atom is -0.504 e. The number of phenols is 9. The Hall–Kier alpha value is -5.81. The number of carbonyl (C=O) groups excluding carboxylic acids is 3. The first-order valence-corrected chi connectivity index (χ1v) is 12.4. The predicted molar refractivity (Wildman–Crippen MR) is 137 cm³/mol. The minimum atomic E-state index is -1.77. The number of carbonyl (C=O) groups is 3. The van der Waals surface area contributed by atoms with Crippen LogP contribution in [0.15, 0.2) is 36.4 Å². The van der Waals surface area contributed by atoms with Gasteiger partial charge in [-0.15, -0.1) is 0 Å². The molecule has 3 aromatic carbocycles. The van der Waals surface area contributed by atoms with E-state index in [0.717, 1.165) is 36.4 Å². The fourth-order valence-corrected chi connectivity index (χ4v) is 4.48. The van der Waals surface area contributed by atoms with Crippen molar-refractivity contribution in [2.75, 3.05) is 6.61 Å². The van der Waals surface area contributed by atoms with E-state index in [1.54, 1.807) is 0 Å². The molecule has 232 valence electrons. The number of fused-ring (bicyclic) bond motifs is 2. The van der Waals surface area contributed by atoms with Gasteiger partial charge in [-0.2, -0.15) is 0 Å². The van der Waals surface area contributed by atoms with Gasteiger partial charge in [0.05, 0.1) is 23.3 Å². The second-order valence-electron chi connectivity index (χ2n) is 9.58. The number of hydrogen-bond acceptors (Lipinski definition) is 17. The van der Waals surface area contributed by atoms with Crippen molar-refractivity contribution >= 4 is 17.9 Å². The fraction of sp³-hybridized carbons (Fsp3) is 0.222. The van der Waals surface area contributed by atoms with Crippen LogP contribution in [-0.2, 0) is 23.7 Å². The maximum atomic E-state index is 13.1. The normalized spacial score (nSPS) is 22.2. The Balaban J connectivity index is 1.50. The zero-order chi connectivity index (χ0) is 32.0. The molecule has 0 radical (unpaired) electrons. The summed E-state index contributed by atoms with van der Waals surface area (Å²) < 4.78 is 27.5. The molecule has 44 heavy (non-hydrogen) atoms. The van der Waals surface area contributed by atoms with E-state index in [-0.39, 0.29) is 6.61 Å². The van der Waals surface area contributed by atoms with Gasteiger partial charge in [-0.1, -0.05) is 0 Å². The number of benzene rings is 3. The largest absolute Gasteiger partial charge is 0.504 e. The first-order valence-electron chi connectivity index (χ1n) is 12.4. The topological polar surface area (TPSA) is 279 Å². The summed E-state index contributed by atoms with van der Waals surface area (Å²) in [6.07, 6.45) is -7.72. The Bertz CT molecular complexity index is 1510. The summed E-state index contributed by atoms with van der Waals surface area (Å²) in [6, 6.07) is 4.52. The van der Waals surface area contributed by atoms with Gasteiger partial charge in [0, 0.05) is 0 Å². The highest BCUT2D eigenvalue weighted by Crippen LogP contribution is 2.40.